The molecule has 19 heavy (non-hydrogen) atoms. The van der Waals surface area contributed by atoms with Crippen molar-refractivity contribution in [2.75, 3.05) is 13.1 Å². The third-order valence-corrected chi connectivity index (χ3v) is 4.09. The minimum Gasteiger partial charge on any atom is -0.354 e. The van der Waals surface area contributed by atoms with Gasteiger partial charge in [0.25, 0.3) is 0 Å². The monoisotopic (exact) mass is 269 g/mol. The standard InChI is InChI=1S/C15H31N3O/c1-6-13(16)14(15(3,4)5)18-9-7-12(8-10-18)17-11(2)19/h12-14H,6-10,16H2,1-5H3,(H,17,19). The summed E-state index contributed by atoms with van der Waals surface area (Å²) in [5.41, 5.74) is 6.53. The van der Waals surface area contributed by atoms with Crippen molar-refractivity contribution in [1.82, 2.24) is 10.2 Å². The first-order chi connectivity index (χ1) is 8.75. The Morgan fingerprint density at radius 1 is 1.37 bits per heavy atom. The largest absolute Gasteiger partial charge is 0.354 e. The van der Waals surface area contributed by atoms with Crippen molar-refractivity contribution < 1.29 is 4.79 Å². The molecular weight excluding hydrogens is 238 g/mol. The van der Waals surface area contributed by atoms with E-state index in [-0.39, 0.29) is 17.4 Å². The molecule has 1 aliphatic heterocycles. The Balaban J connectivity index is 2.62. The van der Waals surface area contributed by atoms with E-state index in [0.717, 1.165) is 32.4 Å². The molecule has 1 amide bonds. The number of likely N-dealkylation sites (tertiary alicyclic amines) is 1. The van der Waals surface area contributed by atoms with E-state index in [2.05, 4.69) is 37.9 Å². The van der Waals surface area contributed by atoms with Gasteiger partial charge in [-0.15, -0.1) is 0 Å². The quantitative estimate of drug-likeness (QED) is 0.817. The fraction of sp³-hybridized carbons (Fsp3) is 0.933. The average molecular weight is 269 g/mol. The Hall–Kier alpha value is -0.610. The van der Waals surface area contributed by atoms with Gasteiger partial charge in [0, 0.05) is 38.1 Å². The van der Waals surface area contributed by atoms with Crippen molar-refractivity contribution in [2.24, 2.45) is 11.1 Å². The summed E-state index contributed by atoms with van der Waals surface area (Å²) in [6.07, 6.45) is 3.07. The smallest absolute Gasteiger partial charge is 0.217 e. The lowest BCUT2D eigenvalue weighted by Crippen LogP contribution is -2.58. The van der Waals surface area contributed by atoms with Gasteiger partial charge in [0.1, 0.15) is 0 Å². The van der Waals surface area contributed by atoms with Crippen LogP contribution in [0, 0.1) is 5.41 Å². The van der Waals surface area contributed by atoms with E-state index in [1.165, 1.54) is 0 Å². The highest BCUT2D eigenvalue weighted by molar-refractivity contribution is 5.73. The Morgan fingerprint density at radius 2 is 1.89 bits per heavy atom. The molecule has 0 saturated carbocycles. The van der Waals surface area contributed by atoms with Gasteiger partial charge in [-0.25, -0.2) is 0 Å². The van der Waals surface area contributed by atoms with Crippen LogP contribution in [0.5, 0.6) is 0 Å². The zero-order valence-electron chi connectivity index (χ0n) is 13.2. The zero-order valence-corrected chi connectivity index (χ0v) is 13.2. The molecule has 0 aromatic rings. The third kappa shape index (κ3) is 4.77. The summed E-state index contributed by atoms with van der Waals surface area (Å²) in [5.74, 6) is 0.0797. The van der Waals surface area contributed by atoms with Crippen molar-refractivity contribution in [3.63, 3.8) is 0 Å². The highest BCUT2D eigenvalue weighted by Crippen LogP contribution is 2.29. The van der Waals surface area contributed by atoms with Gasteiger partial charge < -0.3 is 11.1 Å². The molecule has 1 heterocycles. The number of hydrogen-bond acceptors (Lipinski definition) is 3. The number of rotatable bonds is 4. The van der Waals surface area contributed by atoms with E-state index in [0.29, 0.717) is 12.1 Å². The normalized spacial score (nSPS) is 22.0. The van der Waals surface area contributed by atoms with Crippen LogP contribution in [-0.2, 0) is 4.79 Å². The number of hydrogen-bond donors (Lipinski definition) is 2. The Kier molecular flexibility index (Phi) is 5.81. The topological polar surface area (TPSA) is 58.4 Å². The Morgan fingerprint density at radius 3 is 2.26 bits per heavy atom. The maximum Gasteiger partial charge on any atom is 0.217 e. The van der Waals surface area contributed by atoms with Crippen LogP contribution in [0.25, 0.3) is 0 Å². The summed E-state index contributed by atoms with van der Waals surface area (Å²) < 4.78 is 0. The summed E-state index contributed by atoms with van der Waals surface area (Å²) in [5, 5.41) is 3.03. The van der Waals surface area contributed by atoms with Gasteiger partial charge in [-0.3, -0.25) is 9.69 Å². The van der Waals surface area contributed by atoms with Crippen molar-refractivity contribution in [3.05, 3.63) is 0 Å². The fourth-order valence-corrected chi connectivity index (χ4v) is 3.29. The predicted octanol–water partition coefficient (Wildman–Crippen LogP) is 1.74. The molecule has 4 heteroatoms. The fourth-order valence-electron chi connectivity index (χ4n) is 3.29. The molecule has 2 unspecified atom stereocenters. The minimum absolute atomic E-state index is 0.0797. The second kappa shape index (κ2) is 6.71. The van der Waals surface area contributed by atoms with E-state index in [4.69, 9.17) is 5.73 Å². The predicted molar refractivity (Wildman–Crippen MR) is 79.9 cm³/mol. The molecule has 1 saturated heterocycles. The summed E-state index contributed by atoms with van der Waals surface area (Å²) in [7, 11) is 0. The first kappa shape index (κ1) is 16.4. The zero-order chi connectivity index (χ0) is 14.6. The summed E-state index contributed by atoms with van der Waals surface area (Å²) in [4.78, 5) is 13.6. The average Bonchev–Trinajstić information content (AvgIpc) is 2.29. The number of nitrogens with one attached hydrogen (secondary N) is 1. The van der Waals surface area contributed by atoms with Gasteiger partial charge in [0.15, 0.2) is 0 Å². The maximum atomic E-state index is 11.1. The van der Waals surface area contributed by atoms with Crippen molar-refractivity contribution in [1.29, 1.82) is 0 Å². The molecule has 0 aliphatic carbocycles. The maximum absolute atomic E-state index is 11.1. The molecule has 0 aromatic carbocycles. The van der Waals surface area contributed by atoms with Crippen LogP contribution in [-0.4, -0.2) is 42.0 Å². The number of nitrogens with two attached hydrogens (primary N) is 1. The summed E-state index contributed by atoms with van der Waals surface area (Å²) in [6.45, 7) is 12.6. The van der Waals surface area contributed by atoms with Crippen LogP contribution < -0.4 is 11.1 Å². The second-order valence-electron chi connectivity index (χ2n) is 6.89. The molecule has 0 bridgehead atoms. The van der Waals surface area contributed by atoms with E-state index in [1.54, 1.807) is 6.92 Å². The molecule has 3 N–H and O–H groups in total. The summed E-state index contributed by atoms with van der Waals surface area (Å²) in [6, 6.07) is 0.973. The molecule has 2 atom stereocenters. The van der Waals surface area contributed by atoms with Gasteiger partial charge in [0.05, 0.1) is 0 Å². The van der Waals surface area contributed by atoms with Gasteiger partial charge >= 0.3 is 0 Å². The van der Waals surface area contributed by atoms with Crippen molar-refractivity contribution in [2.45, 2.75) is 72.0 Å². The van der Waals surface area contributed by atoms with Crippen LogP contribution in [0.3, 0.4) is 0 Å². The second-order valence-corrected chi connectivity index (χ2v) is 6.89. The van der Waals surface area contributed by atoms with Crippen LogP contribution in [0.1, 0.15) is 53.9 Å². The van der Waals surface area contributed by atoms with Gasteiger partial charge in [-0.2, -0.15) is 0 Å². The van der Waals surface area contributed by atoms with Crippen LogP contribution in [0.2, 0.25) is 0 Å². The summed E-state index contributed by atoms with van der Waals surface area (Å²) >= 11 is 0. The van der Waals surface area contributed by atoms with Gasteiger partial charge in [-0.1, -0.05) is 27.7 Å². The minimum atomic E-state index is 0.0797. The van der Waals surface area contributed by atoms with Crippen molar-refractivity contribution >= 4 is 5.91 Å². The lowest BCUT2D eigenvalue weighted by Gasteiger charge is -2.46. The van der Waals surface area contributed by atoms with Crippen LogP contribution in [0.4, 0.5) is 0 Å². The number of nitrogens with zero attached hydrogens (tertiary/aromatic N) is 1. The first-order valence-electron chi connectivity index (χ1n) is 7.52. The lowest BCUT2D eigenvalue weighted by atomic mass is 9.79. The third-order valence-electron chi connectivity index (χ3n) is 4.09. The Labute approximate surface area is 118 Å². The highest BCUT2D eigenvalue weighted by atomic mass is 16.1. The van der Waals surface area contributed by atoms with E-state index in [9.17, 15) is 4.79 Å². The van der Waals surface area contributed by atoms with Crippen LogP contribution in [0.15, 0.2) is 0 Å². The number of piperidine rings is 1. The molecule has 0 aromatic heterocycles. The molecular formula is C15H31N3O. The molecule has 1 fully saturated rings. The molecule has 1 aliphatic rings. The van der Waals surface area contributed by atoms with E-state index < -0.39 is 0 Å². The molecule has 112 valence electrons. The molecule has 1 rings (SSSR count). The number of carbonyl (C=O) groups excluding carboxylic acids is 1. The first-order valence-corrected chi connectivity index (χ1v) is 7.52. The molecule has 4 nitrogen and oxygen atoms in total. The SMILES string of the molecule is CCC(N)C(N1CCC(NC(C)=O)CC1)C(C)(C)C. The van der Waals surface area contributed by atoms with E-state index in [1.807, 2.05) is 0 Å². The number of amides is 1. The highest BCUT2D eigenvalue weighted by Gasteiger charge is 2.36. The van der Waals surface area contributed by atoms with Crippen LogP contribution >= 0.6 is 0 Å². The lowest BCUT2D eigenvalue weighted by molar-refractivity contribution is -0.120. The molecule has 0 radical (unpaired) electrons. The van der Waals surface area contributed by atoms with Gasteiger partial charge in [-0.05, 0) is 24.7 Å². The van der Waals surface area contributed by atoms with E-state index >= 15 is 0 Å². The van der Waals surface area contributed by atoms with Crippen molar-refractivity contribution in [3.8, 4) is 0 Å². The Bertz CT molecular complexity index is 290. The number of carbonyl (C=O) groups is 1. The van der Waals surface area contributed by atoms with Gasteiger partial charge in [0.2, 0.25) is 5.91 Å². The molecule has 0 spiro atoms.